The van der Waals surface area contributed by atoms with Crippen LogP contribution >= 0.6 is 0 Å². The molecule has 1 fully saturated rings. The summed E-state index contributed by atoms with van der Waals surface area (Å²) in [6.45, 7) is 1.29. The normalized spacial score (nSPS) is 16.4. The topological polar surface area (TPSA) is 140 Å². The third kappa shape index (κ3) is 3.83. The van der Waals surface area contributed by atoms with Gasteiger partial charge in [-0.1, -0.05) is 6.07 Å². The first-order valence-electron chi connectivity index (χ1n) is 9.07. The van der Waals surface area contributed by atoms with Crippen LogP contribution in [-0.4, -0.2) is 53.5 Å². The summed E-state index contributed by atoms with van der Waals surface area (Å²) in [5.74, 6) is 2.10. The van der Waals surface area contributed by atoms with Crippen LogP contribution in [0.15, 0.2) is 43.0 Å². The van der Waals surface area contributed by atoms with E-state index in [0.29, 0.717) is 36.1 Å². The lowest BCUT2D eigenvalue weighted by molar-refractivity contribution is 0.258. The Labute approximate surface area is 170 Å². The van der Waals surface area contributed by atoms with Gasteiger partial charge in [-0.15, -0.1) is 0 Å². The Morgan fingerprint density at radius 1 is 1.14 bits per heavy atom. The van der Waals surface area contributed by atoms with Crippen molar-refractivity contribution in [1.29, 1.82) is 5.26 Å². The first kappa shape index (κ1) is 19.0. The van der Waals surface area contributed by atoms with E-state index in [1.54, 1.807) is 29.3 Å². The minimum atomic E-state index is -0.780. The van der Waals surface area contributed by atoms with Gasteiger partial charge in [0.2, 0.25) is 0 Å². The van der Waals surface area contributed by atoms with Crippen LogP contribution in [0.2, 0.25) is 0 Å². The van der Waals surface area contributed by atoms with E-state index in [4.69, 9.17) is 11.5 Å². The van der Waals surface area contributed by atoms with Crippen molar-refractivity contribution in [2.24, 2.45) is 0 Å². The highest BCUT2D eigenvalue weighted by Gasteiger charge is 2.24. The van der Waals surface area contributed by atoms with E-state index in [1.807, 2.05) is 23.2 Å². The quantitative estimate of drug-likeness (QED) is 0.654. The minimum Gasteiger partial charge on any atom is -0.395 e. The van der Waals surface area contributed by atoms with Crippen molar-refractivity contribution in [3.63, 3.8) is 0 Å². The van der Waals surface area contributed by atoms with E-state index in [1.165, 1.54) is 0 Å². The van der Waals surface area contributed by atoms with Gasteiger partial charge in [-0.25, -0.2) is 14.6 Å². The average Bonchev–Trinajstić information content (AvgIpc) is 3.22. The maximum atomic E-state index is 11.6. The van der Waals surface area contributed by atoms with Crippen LogP contribution in [0.25, 0.3) is 16.9 Å². The average molecular weight is 408 g/mol. The summed E-state index contributed by atoms with van der Waals surface area (Å²) in [7, 11) is -0.780. The maximum absolute atomic E-state index is 11.6. The minimum absolute atomic E-state index is 0.279. The summed E-state index contributed by atoms with van der Waals surface area (Å²) in [6.07, 6.45) is 6.79. The SMILES string of the molecule is N#CC(c1ccc(-n2cc(-c3ccnc(N)c3N)cn2)nc1)N1CCS(=O)CC1. The molecule has 1 saturated heterocycles. The molecule has 4 heterocycles. The van der Waals surface area contributed by atoms with Crippen LogP contribution in [0.3, 0.4) is 0 Å². The van der Waals surface area contributed by atoms with Crippen molar-refractivity contribution >= 4 is 22.3 Å². The number of nitrogen functional groups attached to an aromatic ring is 2. The van der Waals surface area contributed by atoms with Gasteiger partial charge in [0.1, 0.15) is 11.9 Å². The number of pyridine rings is 2. The summed E-state index contributed by atoms with van der Waals surface area (Å²) in [5.41, 5.74) is 14.6. The number of aromatic nitrogens is 4. The number of nitrogens with two attached hydrogens (primary N) is 2. The molecule has 1 aliphatic rings. The van der Waals surface area contributed by atoms with Gasteiger partial charge in [-0.05, 0) is 12.1 Å². The predicted molar refractivity (Wildman–Crippen MR) is 111 cm³/mol. The molecule has 0 aliphatic carbocycles. The molecule has 0 bridgehead atoms. The fraction of sp³-hybridized carbons (Fsp3) is 0.263. The molecule has 0 aromatic carbocycles. The predicted octanol–water partition coefficient (Wildman–Crippen LogP) is 1.12. The van der Waals surface area contributed by atoms with E-state index in [-0.39, 0.29) is 5.82 Å². The first-order valence-corrected chi connectivity index (χ1v) is 10.6. The molecule has 0 spiro atoms. The maximum Gasteiger partial charge on any atom is 0.153 e. The van der Waals surface area contributed by atoms with Crippen molar-refractivity contribution in [2.45, 2.75) is 6.04 Å². The number of hydrogen-bond donors (Lipinski definition) is 2. The summed E-state index contributed by atoms with van der Waals surface area (Å²) in [6, 6.07) is 7.41. The molecule has 1 atom stereocenters. The van der Waals surface area contributed by atoms with Crippen LogP contribution in [0.5, 0.6) is 0 Å². The van der Waals surface area contributed by atoms with Crippen LogP contribution in [0, 0.1) is 11.3 Å². The van der Waals surface area contributed by atoms with E-state index >= 15 is 0 Å². The molecule has 0 saturated carbocycles. The Hall–Kier alpha value is -3.29. The third-order valence-electron chi connectivity index (χ3n) is 4.94. The molecule has 1 unspecified atom stereocenters. The van der Waals surface area contributed by atoms with Crippen molar-refractivity contribution in [1.82, 2.24) is 24.6 Å². The molecule has 1 aliphatic heterocycles. The second-order valence-electron chi connectivity index (χ2n) is 6.70. The molecular formula is C19H20N8OS. The zero-order chi connectivity index (χ0) is 20.4. The summed E-state index contributed by atoms with van der Waals surface area (Å²) in [5, 5.41) is 14.0. The molecule has 148 valence electrons. The molecule has 10 heteroatoms. The monoisotopic (exact) mass is 408 g/mol. The van der Waals surface area contributed by atoms with Crippen molar-refractivity contribution in [3.8, 4) is 23.0 Å². The number of nitriles is 1. The molecule has 4 N–H and O–H groups in total. The number of anilines is 2. The summed E-state index contributed by atoms with van der Waals surface area (Å²) in [4.78, 5) is 10.5. The summed E-state index contributed by atoms with van der Waals surface area (Å²) >= 11 is 0. The Morgan fingerprint density at radius 3 is 2.62 bits per heavy atom. The highest BCUT2D eigenvalue weighted by atomic mass is 32.2. The summed E-state index contributed by atoms with van der Waals surface area (Å²) < 4.78 is 13.2. The molecule has 4 rings (SSSR count). The molecule has 0 amide bonds. The Bertz CT molecular complexity index is 1080. The Kier molecular flexibility index (Phi) is 5.24. The van der Waals surface area contributed by atoms with Crippen LogP contribution < -0.4 is 11.5 Å². The van der Waals surface area contributed by atoms with Gasteiger partial charge in [0.25, 0.3) is 0 Å². The van der Waals surface area contributed by atoms with Gasteiger partial charge in [0, 0.05) is 70.7 Å². The van der Waals surface area contributed by atoms with E-state index in [0.717, 1.165) is 16.7 Å². The smallest absolute Gasteiger partial charge is 0.153 e. The molecule has 29 heavy (non-hydrogen) atoms. The standard InChI is InChI=1S/C19H20N8OS/c20-9-16(26-5-7-29(28)8-6-26)13-1-2-17(24-10-13)27-12-14(11-25-27)15-3-4-23-19(22)18(15)21/h1-4,10-12,16H,5-8,21H2,(H2,22,23). The van der Waals surface area contributed by atoms with E-state index in [9.17, 15) is 9.47 Å². The lowest BCUT2D eigenvalue weighted by Crippen LogP contribution is -2.39. The van der Waals surface area contributed by atoms with Crippen molar-refractivity contribution < 1.29 is 4.21 Å². The lowest BCUT2D eigenvalue weighted by atomic mass is 10.1. The van der Waals surface area contributed by atoms with Crippen LogP contribution in [0.1, 0.15) is 11.6 Å². The van der Waals surface area contributed by atoms with Gasteiger partial charge in [-0.2, -0.15) is 10.4 Å². The van der Waals surface area contributed by atoms with Crippen LogP contribution in [0.4, 0.5) is 11.5 Å². The molecule has 3 aromatic heterocycles. The highest BCUT2D eigenvalue weighted by Crippen LogP contribution is 2.29. The molecule has 9 nitrogen and oxygen atoms in total. The van der Waals surface area contributed by atoms with Gasteiger partial charge in [0.05, 0.1) is 18.0 Å². The van der Waals surface area contributed by atoms with Gasteiger partial charge in [0.15, 0.2) is 5.82 Å². The second kappa shape index (κ2) is 7.98. The lowest BCUT2D eigenvalue weighted by Gasteiger charge is -2.30. The van der Waals surface area contributed by atoms with E-state index in [2.05, 4.69) is 21.1 Å². The number of nitrogens with zero attached hydrogens (tertiary/aromatic N) is 6. The zero-order valence-electron chi connectivity index (χ0n) is 15.6. The second-order valence-corrected chi connectivity index (χ2v) is 8.39. The van der Waals surface area contributed by atoms with Gasteiger partial charge in [-0.3, -0.25) is 9.11 Å². The number of rotatable bonds is 4. The Morgan fingerprint density at radius 2 is 1.93 bits per heavy atom. The highest BCUT2D eigenvalue weighted by molar-refractivity contribution is 7.85. The van der Waals surface area contributed by atoms with E-state index < -0.39 is 16.8 Å². The third-order valence-corrected chi connectivity index (χ3v) is 6.21. The largest absolute Gasteiger partial charge is 0.395 e. The van der Waals surface area contributed by atoms with Gasteiger partial charge >= 0.3 is 0 Å². The first-order chi connectivity index (χ1) is 14.1. The molecule has 0 radical (unpaired) electrons. The number of hydrogen-bond acceptors (Lipinski definition) is 8. The molecule has 3 aromatic rings. The fourth-order valence-electron chi connectivity index (χ4n) is 3.30. The zero-order valence-corrected chi connectivity index (χ0v) is 16.4. The van der Waals surface area contributed by atoms with Crippen molar-refractivity contribution in [3.05, 3.63) is 48.5 Å². The Balaban J connectivity index is 1.55. The van der Waals surface area contributed by atoms with Crippen LogP contribution in [-0.2, 0) is 10.8 Å². The molecular weight excluding hydrogens is 388 g/mol. The van der Waals surface area contributed by atoms with Gasteiger partial charge < -0.3 is 11.5 Å². The fourth-order valence-corrected chi connectivity index (χ4v) is 4.38. The van der Waals surface area contributed by atoms with Crippen molar-refractivity contribution in [2.75, 3.05) is 36.1 Å².